The van der Waals surface area contributed by atoms with Crippen molar-refractivity contribution in [1.29, 1.82) is 0 Å². The fourth-order valence-electron chi connectivity index (χ4n) is 3.52. The lowest BCUT2D eigenvalue weighted by Gasteiger charge is -2.22. The lowest BCUT2D eigenvalue weighted by atomic mass is 10.1. The summed E-state index contributed by atoms with van der Waals surface area (Å²) in [6.07, 6.45) is 5.64. The highest BCUT2D eigenvalue weighted by Gasteiger charge is 2.29. The lowest BCUT2D eigenvalue weighted by Crippen LogP contribution is -2.35. The summed E-state index contributed by atoms with van der Waals surface area (Å²) in [5.41, 5.74) is 1.92. The summed E-state index contributed by atoms with van der Waals surface area (Å²) in [4.78, 5) is 7.10. The van der Waals surface area contributed by atoms with Crippen LogP contribution in [0.2, 0.25) is 5.02 Å². The minimum absolute atomic E-state index is 0.645. The molecule has 4 rings (SSSR count). The predicted octanol–water partition coefficient (Wildman–Crippen LogP) is 3.32. The third-order valence-electron chi connectivity index (χ3n) is 4.62. The van der Waals surface area contributed by atoms with Gasteiger partial charge in [-0.25, -0.2) is 4.98 Å². The summed E-state index contributed by atoms with van der Waals surface area (Å²) in [6, 6.07) is 8.98. The highest BCUT2D eigenvalue weighted by Crippen LogP contribution is 2.24. The Balaban J connectivity index is 1.45. The summed E-state index contributed by atoms with van der Waals surface area (Å²) in [5, 5.41) is 4.41. The van der Waals surface area contributed by atoms with E-state index < -0.39 is 0 Å². The quantitative estimate of drug-likeness (QED) is 0.943. The molecule has 2 bridgehead atoms. The van der Waals surface area contributed by atoms with Gasteiger partial charge in [-0.2, -0.15) is 0 Å². The second kappa shape index (κ2) is 6.03. The number of benzene rings is 1. The number of fused-ring (bicyclic) bond motifs is 2. The van der Waals surface area contributed by atoms with Crippen molar-refractivity contribution < 1.29 is 4.42 Å². The van der Waals surface area contributed by atoms with E-state index in [9.17, 15) is 0 Å². The maximum atomic E-state index is 6.03. The zero-order valence-electron chi connectivity index (χ0n) is 12.5. The van der Waals surface area contributed by atoms with Crippen LogP contribution in [0.5, 0.6) is 0 Å². The molecular weight excluding hydrogens is 298 g/mol. The van der Waals surface area contributed by atoms with Gasteiger partial charge in [-0.15, -0.1) is 0 Å². The summed E-state index contributed by atoms with van der Waals surface area (Å²) >= 11 is 6.03. The zero-order valence-corrected chi connectivity index (χ0v) is 13.2. The van der Waals surface area contributed by atoms with Crippen molar-refractivity contribution >= 4 is 11.6 Å². The molecule has 22 heavy (non-hydrogen) atoms. The largest absolute Gasteiger partial charge is 0.444 e. The molecule has 2 aliphatic rings. The molecule has 0 spiro atoms. The molecule has 1 aromatic heterocycles. The Morgan fingerprint density at radius 3 is 3.09 bits per heavy atom. The Bertz CT molecular complexity index is 657. The average Bonchev–Trinajstić information content (AvgIpc) is 3.08. The molecule has 2 saturated heterocycles. The van der Waals surface area contributed by atoms with Gasteiger partial charge >= 0.3 is 0 Å². The summed E-state index contributed by atoms with van der Waals surface area (Å²) in [6.45, 7) is 3.10. The number of oxazole rings is 1. The van der Waals surface area contributed by atoms with E-state index in [4.69, 9.17) is 16.0 Å². The molecule has 1 aromatic carbocycles. The Labute approximate surface area is 135 Å². The van der Waals surface area contributed by atoms with Crippen LogP contribution < -0.4 is 5.32 Å². The van der Waals surface area contributed by atoms with Crippen LogP contribution in [0, 0.1) is 0 Å². The third kappa shape index (κ3) is 3.05. The van der Waals surface area contributed by atoms with Gasteiger partial charge in [0.15, 0.2) is 0 Å². The Morgan fingerprint density at radius 1 is 1.27 bits per heavy atom. The van der Waals surface area contributed by atoms with Gasteiger partial charge in [0.1, 0.15) is 6.26 Å². The Kier molecular flexibility index (Phi) is 3.90. The van der Waals surface area contributed by atoms with Crippen molar-refractivity contribution in [2.75, 3.05) is 13.1 Å². The van der Waals surface area contributed by atoms with E-state index in [0.717, 1.165) is 30.9 Å². The fourth-order valence-corrected chi connectivity index (χ4v) is 3.71. The van der Waals surface area contributed by atoms with Crippen LogP contribution >= 0.6 is 11.6 Å². The molecule has 4 nitrogen and oxygen atoms in total. The molecule has 2 unspecified atom stereocenters. The highest BCUT2D eigenvalue weighted by molar-refractivity contribution is 6.30. The first-order valence-electron chi connectivity index (χ1n) is 7.95. The zero-order chi connectivity index (χ0) is 14.9. The van der Waals surface area contributed by atoms with Gasteiger partial charge in [-0.1, -0.05) is 17.7 Å². The average molecular weight is 318 g/mol. The van der Waals surface area contributed by atoms with E-state index in [2.05, 4.69) is 15.2 Å². The smallest absolute Gasteiger partial charge is 0.226 e. The molecule has 2 fully saturated rings. The second-order valence-corrected chi connectivity index (χ2v) is 6.75. The molecule has 2 aliphatic heterocycles. The van der Waals surface area contributed by atoms with Crippen LogP contribution in [0.4, 0.5) is 0 Å². The molecule has 0 radical (unpaired) electrons. The number of hydrogen-bond acceptors (Lipinski definition) is 4. The first kappa shape index (κ1) is 14.2. The summed E-state index contributed by atoms with van der Waals surface area (Å²) in [7, 11) is 0. The van der Waals surface area contributed by atoms with Gasteiger partial charge in [0, 0.05) is 42.3 Å². The third-order valence-corrected chi connectivity index (χ3v) is 4.85. The molecular formula is C17H20ClN3O. The van der Waals surface area contributed by atoms with Gasteiger partial charge in [0.25, 0.3) is 0 Å². The normalized spacial score (nSPS) is 25.3. The van der Waals surface area contributed by atoms with E-state index >= 15 is 0 Å². The van der Waals surface area contributed by atoms with Crippen molar-refractivity contribution in [3.63, 3.8) is 0 Å². The second-order valence-electron chi connectivity index (χ2n) is 6.32. The predicted molar refractivity (Wildman–Crippen MR) is 86.8 cm³/mol. The fraction of sp³-hybridized carbons (Fsp3) is 0.471. The standard InChI is InChI=1S/C17H20ClN3O/c18-13-3-1-2-12(8-13)17-20-16(11-22-17)10-21-7-6-14-4-5-15(9-21)19-14/h1-3,8,11,14-15,19H,4-7,9-10H2. The molecule has 116 valence electrons. The van der Waals surface area contributed by atoms with E-state index in [0.29, 0.717) is 23.0 Å². The minimum Gasteiger partial charge on any atom is -0.444 e. The first-order valence-corrected chi connectivity index (χ1v) is 8.33. The van der Waals surface area contributed by atoms with Gasteiger partial charge in [0.05, 0.1) is 5.69 Å². The van der Waals surface area contributed by atoms with Crippen LogP contribution in [-0.2, 0) is 6.54 Å². The lowest BCUT2D eigenvalue weighted by molar-refractivity contribution is 0.248. The number of nitrogens with zero attached hydrogens (tertiary/aromatic N) is 2. The Hall–Kier alpha value is -1.36. The summed E-state index contributed by atoms with van der Waals surface area (Å²) < 4.78 is 5.63. The van der Waals surface area contributed by atoms with E-state index in [1.54, 1.807) is 6.26 Å². The first-order chi connectivity index (χ1) is 10.8. The van der Waals surface area contributed by atoms with Crippen molar-refractivity contribution in [1.82, 2.24) is 15.2 Å². The number of rotatable bonds is 3. The number of hydrogen-bond donors (Lipinski definition) is 1. The number of nitrogens with one attached hydrogen (secondary N) is 1. The molecule has 1 N–H and O–H groups in total. The molecule has 0 saturated carbocycles. The molecule has 3 heterocycles. The van der Waals surface area contributed by atoms with E-state index in [1.807, 2.05) is 24.3 Å². The van der Waals surface area contributed by atoms with Crippen molar-refractivity contribution in [2.24, 2.45) is 0 Å². The van der Waals surface area contributed by atoms with Gasteiger partial charge in [0.2, 0.25) is 5.89 Å². The number of aromatic nitrogens is 1. The van der Waals surface area contributed by atoms with E-state index in [1.165, 1.54) is 19.3 Å². The minimum atomic E-state index is 0.645. The molecule has 2 aromatic rings. The highest BCUT2D eigenvalue weighted by atomic mass is 35.5. The van der Waals surface area contributed by atoms with Crippen molar-refractivity contribution in [2.45, 2.75) is 37.9 Å². The Morgan fingerprint density at radius 2 is 2.18 bits per heavy atom. The maximum absolute atomic E-state index is 6.03. The monoisotopic (exact) mass is 317 g/mol. The number of halogens is 1. The van der Waals surface area contributed by atoms with Crippen LogP contribution in [0.3, 0.4) is 0 Å². The van der Waals surface area contributed by atoms with Gasteiger partial charge in [-0.05, 0) is 37.5 Å². The molecule has 0 aliphatic carbocycles. The molecule has 0 amide bonds. The molecule has 5 heteroatoms. The van der Waals surface area contributed by atoms with Crippen molar-refractivity contribution in [3.8, 4) is 11.5 Å². The van der Waals surface area contributed by atoms with Gasteiger partial charge in [-0.3, -0.25) is 4.90 Å². The molecule has 2 atom stereocenters. The van der Waals surface area contributed by atoms with E-state index in [-0.39, 0.29) is 0 Å². The van der Waals surface area contributed by atoms with Crippen LogP contribution in [0.15, 0.2) is 34.9 Å². The van der Waals surface area contributed by atoms with Crippen LogP contribution in [-0.4, -0.2) is 35.1 Å². The van der Waals surface area contributed by atoms with Gasteiger partial charge < -0.3 is 9.73 Å². The topological polar surface area (TPSA) is 41.3 Å². The maximum Gasteiger partial charge on any atom is 0.226 e. The van der Waals surface area contributed by atoms with Crippen molar-refractivity contribution in [3.05, 3.63) is 41.2 Å². The van der Waals surface area contributed by atoms with Crippen LogP contribution in [0.25, 0.3) is 11.5 Å². The number of likely N-dealkylation sites (tertiary alicyclic amines) is 1. The SMILES string of the molecule is Clc1cccc(-c2nc(CN3CCC4CCC(C3)N4)co2)c1. The van der Waals surface area contributed by atoms with Crippen LogP contribution in [0.1, 0.15) is 25.0 Å². The summed E-state index contributed by atoms with van der Waals surface area (Å²) in [5.74, 6) is 0.645.